The maximum Gasteiger partial charge on any atom is 0.330 e. The third-order valence-electron chi connectivity index (χ3n) is 12.0. The number of rotatable bonds is 5. The van der Waals surface area contributed by atoms with Gasteiger partial charge >= 0.3 is 5.97 Å². The Hall–Kier alpha value is -1.09. The highest BCUT2D eigenvalue weighted by Gasteiger charge is 2.65. The summed E-state index contributed by atoms with van der Waals surface area (Å²) in [6.07, 6.45) is 14.7. The molecule has 4 rings (SSSR count). The molecular weight excluding hydrogens is 408 g/mol. The summed E-state index contributed by atoms with van der Waals surface area (Å²) in [5.74, 6) is 1.77. The first kappa shape index (κ1) is 25.0. The van der Waals surface area contributed by atoms with Gasteiger partial charge in [-0.25, -0.2) is 4.79 Å². The Morgan fingerprint density at radius 3 is 2.45 bits per heavy atom. The first-order valence-corrected chi connectivity index (χ1v) is 13.6. The lowest BCUT2D eigenvalue weighted by atomic mass is 9.41. The first-order chi connectivity index (χ1) is 15.3. The minimum atomic E-state index is -0.796. The van der Waals surface area contributed by atoms with Crippen molar-refractivity contribution >= 4 is 5.97 Å². The summed E-state index contributed by atoms with van der Waals surface area (Å²) in [4.78, 5) is 11.1. The van der Waals surface area contributed by atoms with E-state index in [2.05, 4.69) is 47.6 Å². The van der Waals surface area contributed by atoms with Gasteiger partial charge < -0.3 is 10.2 Å². The van der Waals surface area contributed by atoms with E-state index < -0.39 is 5.97 Å². The van der Waals surface area contributed by atoms with Crippen LogP contribution in [0.5, 0.6) is 0 Å². The number of carbonyl (C=O) groups is 1. The van der Waals surface area contributed by atoms with Gasteiger partial charge in [0.15, 0.2) is 0 Å². The minimum absolute atomic E-state index is 0.00517. The molecule has 3 saturated carbocycles. The van der Waals surface area contributed by atoms with Crippen molar-refractivity contribution in [1.29, 1.82) is 0 Å². The summed E-state index contributed by atoms with van der Waals surface area (Å²) < 4.78 is 0. The average Bonchev–Trinajstić information content (AvgIpc) is 3.02. The number of hydrogen-bond acceptors (Lipinski definition) is 2. The van der Waals surface area contributed by atoms with Gasteiger partial charge in [0.1, 0.15) is 0 Å². The van der Waals surface area contributed by atoms with Gasteiger partial charge in [-0.3, -0.25) is 0 Å². The van der Waals surface area contributed by atoms with E-state index in [0.717, 1.165) is 25.7 Å². The van der Waals surface area contributed by atoms with Gasteiger partial charge in [0.2, 0.25) is 0 Å². The molecule has 186 valence electrons. The zero-order valence-electron chi connectivity index (χ0n) is 22.2. The predicted molar refractivity (Wildman–Crippen MR) is 135 cm³/mol. The van der Waals surface area contributed by atoms with Crippen LogP contribution in [0.25, 0.3) is 0 Å². The Morgan fingerprint density at radius 1 is 1.09 bits per heavy atom. The lowest BCUT2D eigenvalue weighted by Gasteiger charge is -2.64. The maximum atomic E-state index is 11.1. The molecule has 0 aromatic carbocycles. The van der Waals surface area contributed by atoms with Crippen LogP contribution in [-0.2, 0) is 4.79 Å². The molecule has 0 unspecified atom stereocenters. The van der Waals surface area contributed by atoms with Crippen molar-refractivity contribution in [2.24, 2.45) is 45.3 Å². The number of fused-ring (bicyclic) bond motifs is 5. The molecule has 0 bridgehead atoms. The summed E-state index contributed by atoms with van der Waals surface area (Å²) in [7, 11) is 0. The van der Waals surface area contributed by atoms with Crippen LogP contribution in [0.4, 0.5) is 0 Å². The summed E-state index contributed by atoms with van der Waals surface area (Å²) in [5, 5.41) is 20.0. The van der Waals surface area contributed by atoms with Crippen molar-refractivity contribution in [2.45, 2.75) is 112 Å². The van der Waals surface area contributed by atoms with Crippen LogP contribution in [0.2, 0.25) is 0 Å². The highest BCUT2D eigenvalue weighted by Crippen LogP contribution is 2.73. The summed E-state index contributed by atoms with van der Waals surface area (Å²) in [6, 6.07) is 0. The van der Waals surface area contributed by atoms with E-state index in [9.17, 15) is 9.90 Å². The van der Waals surface area contributed by atoms with Crippen LogP contribution in [-0.4, -0.2) is 22.3 Å². The molecule has 0 amide bonds. The Kier molecular flexibility index (Phi) is 6.25. The number of aliphatic hydroxyl groups is 1. The molecule has 4 aliphatic carbocycles. The van der Waals surface area contributed by atoms with Gasteiger partial charge in [0, 0.05) is 5.57 Å². The molecule has 0 spiro atoms. The standard InChI is InChI=1S/C30H48O3/c1-19(9-8-10-20(2)26(32)33)21-13-17-30(7)23-11-12-24-27(3,4)25(31)15-16-28(24,5)22(23)14-18-29(21,30)6/h10,14,19,21,23-25,31H,8-9,11-13,15-18H2,1-7H3,(H,32,33)/b20-10-/t19-,21-,23-,24-,25+,28-,29-,30+/m1/s1. The molecule has 4 aliphatic rings. The lowest BCUT2D eigenvalue weighted by molar-refractivity contribution is -0.132. The van der Waals surface area contributed by atoms with Crippen molar-refractivity contribution in [3.05, 3.63) is 23.3 Å². The van der Waals surface area contributed by atoms with Crippen molar-refractivity contribution in [2.75, 3.05) is 0 Å². The van der Waals surface area contributed by atoms with Gasteiger partial charge in [-0.2, -0.15) is 0 Å². The second-order valence-corrected chi connectivity index (χ2v) is 13.6. The summed E-state index contributed by atoms with van der Waals surface area (Å²) in [6.45, 7) is 16.5. The quantitative estimate of drug-likeness (QED) is 0.335. The van der Waals surface area contributed by atoms with Crippen LogP contribution in [0.1, 0.15) is 106 Å². The van der Waals surface area contributed by atoms with E-state index in [1.165, 1.54) is 32.1 Å². The molecule has 8 atom stereocenters. The van der Waals surface area contributed by atoms with E-state index in [4.69, 9.17) is 5.11 Å². The van der Waals surface area contributed by atoms with Gasteiger partial charge in [-0.15, -0.1) is 0 Å². The fourth-order valence-electron chi connectivity index (χ4n) is 9.52. The number of aliphatic hydroxyl groups excluding tert-OH is 1. The van der Waals surface area contributed by atoms with Crippen molar-refractivity contribution in [1.82, 2.24) is 0 Å². The SMILES string of the molecule is C/C(=C/CC[C@@H](C)[C@H]1CC[C@@]2(C)[C@@H]3CC[C@@H]4C(C)(C)[C@@H](O)CC[C@]4(C)C3=CC[C@]12C)C(=O)O. The van der Waals surface area contributed by atoms with Crippen LogP contribution in [0, 0.1) is 45.3 Å². The molecule has 3 heteroatoms. The summed E-state index contributed by atoms with van der Waals surface area (Å²) in [5.41, 5.74) is 3.11. The third kappa shape index (κ3) is 3.58. The maximum absolute atomic E-state index is 11.1. The highest BCUT2D eigenvalue weighted by atomic mass is 16.4. The van der Waals surface area contributed by atoms with Crippen LogP contribution in [0.3, 0.4) is 0 Å². The molecule has 3 fully saturated rings. The van der Waals surface area contributed by atoms with Gasteiger partial charge in [-0.1, -0.05) is 59.3 Å². The molecule has 0 saturated heterocycles. The van der Waals surface area contributed by atoms with Gasteiger partial charge in [-0.05, 0) is 110 Å². The van der Waals surface area contributed by atoms with E-state index in [1.54, 1.807) is 12.5 Å². The monoisotopic (exact) mass is 456 g/mol. The molecule has 0 heterocycles. The molecule has 33 heavy (non-hydrogen) atoms. The van der Waals surface area contributed by atoms with Gasteiger partial charge in [0.25, 0.3) is 0 Å². The van der Waals surface area contributed by atoms with E-state index in [1.807, 2.05) is 6.08 Å². The van der Waals surface area contributed by atoms with Crippen molar-refractivity contribution in [3.8, 4) is 0 Å². The van der Waals surface area contributed by atoms with Crippen LogP contribution in [0.15, 0.2) is 23.3 Å². The third-order valence-corrected chi connectivity index (χ3v) is 12.0. The summed E-state index contributed by atoms with van der Waals surface area (Å²) >= 11 is 0. The first-order valence-electron chi connectivity index (χ1n) is 13.6. The van der Waals surface area contributed by atoms with Gasteiger partial charge in [0.05, 0.1) is 6.10 Å². The van der Waals surface area contributed by atoms with Crippen molar-refractivity contribution in [3.63, 3.8) is 0 Å². The Balaban J connectivity index is 1.59. The molecule has 0 aliphatic heterocycles. The zero-order chi connectivity index (χ0) is 24.4. The Labute approximate surface area is 202 Å². The fourth-order valence-corrected chi connectivity index (χ4v) is 9.52. The Bertz CT molecular complexity index is 853. The predicted octanol–water partition coefficient (Wildman–Crippen LogP) is 7.40. The average molecular weight is 457 g/mol. The second kappa shape index (κ2) is 8.25. The number of carboxylic acid groups (broad SMARTS) is 1. The van der Waals surface area contributed by atoms with Crippen molar-refractivity contribution < 1.29 is 15.0 Å². The normalized spacial score (nSPS) is 45.5. The fraction of sp³-hybridized carbons (Fsp3) is 0.833. The topological polar surface area (TPSA) is 57.5 Å². The number of aliphatic carboxylic acids is 1. The minimum Gasteiger partial charge on any atom is -0.478 e. The number of hydrogen-bond donors (Lipinski definition) is 2. The smallest absolute Gasteiger partial charge is 0.330 e. The molecule has 0 aromatic rings. The second-order valence-electron chi connectivity index (χ2n) is 13.6. The lowest BCUT2D eigenvalue weighted by Crippen LogP contribution is -2.57. The van der Waals surface area contributed by atoms with E-state index in [0.29, 0.717) is 40.1 Å². The number of allylic oxidation sites excluding steroid dienone is 3. The molecular formula is C30H48O3. The van der Waals surface area contributed by atoms with E-state index in [-0.39, 0.29) is 16.9 Å². The van der Waals surface area contributed by atoms with E-state index >= 15 is 0 Å². The van der Waals surface area contributed by atoms with Crippen LogP contribution < -0.4 is 0 Å². The largest absolute Gasteiger partial charge is 0.478 e. The Morgan fingerprint density at radius 2 is 1.79 bits per heavy atom. The molecule has 0 aromatic heterocycles. The number of carboxylic acids is 1. The van der Waals surface area contributed by atoms with Crippen LogP contribution >= 0.6 is 0 Å². The zero-order valence-corrected chi connectivity index (χ0v) is 22.2. The molecule has 3 nitrogen and oxygen atoms in total. The molecule has 0 radical (unpaired) electrons. The highest BCUT2D eigenvalue weighted by molar-refractivity contribution is 5.85. The molecule has 2 N–H and O–H groups in total.